The molecule has 0 unspecified atom stereocenters. The van der Waals surface area contributed by atoms with Crippen molar-refractivity contribution in [3.8, 4) is 0 Å². The van der Waals surface area contributed by atoms with Gasteiger partial charge in [0.2, 0.25) is 5.95 Å². The Morgan fingerprint density at radius 2 is 1.91 bits per heavy atom. The van der Waals surface area contributed by atoms with Gasteiger partial charge < -0.3 is 15.5 Å². The zero-order chi connectivity index (χ0) is 23.8. The van der Waals surface area contributed by atoms with Crippen LogP contribution >= 0.6 is 11.6 Å². The minimum Gasteiger partial charge on any atom is -0.368 e. The van der Waals surface area contributed by atoms with Crippen LogP contribution in [0, 0.1) is 6.92 Å². The molecule has 0 amide bonds. The molecule has 0 radical (unpaired) electrons. The van der Waals surface area contributed by atoms with Crippen molar-refractivity contribution in [1.82, 2.24) is 24.8 Å². The number of aromatic nitrogens is 4. The normalized spacial score (nSPS) is 16.9. The van der Waals surface area contributed by atoms with Crippen molar-refractivity contribution >= 4 is 45.9 Å². The Morgan fingerprint density at radius 3 is 2.59 bits per heavy atom. The molecule has 1 aliphatic heterocycles. The van der Waals surface area contributed by atoms with Crippen LogP contribution in [0.5, 0.6) is 0 Å². The Labute approximate surface area is 202 Å². The van der Waals surface area contributed by atoms with Gasteiger partial charge in [0.1, 0.15) is 5.65 Å². The average molecular weight is 482 g/mol. The Hall–Kier alpha value is -3.04. The van der Waals surface area contributed by atoms with Gasteiger partial charge in [-0.2, -0.15) is 4.98 Å². The minimum atomic E-state index is -0.273. The number of hydrogen-bond donors (Lipinski definition) is 2. The van der Waals surface area contributed by atoms with Gasteiger partial charge in [-0.3, -0.25) is 14.2 Å². The van der Waals surface area contributed by atoms with Gasteiger partial charge in [-0.1, -0.05) is 24.4 Å². The summed E-state index contributed by atoms with van der Waals surface area (Å²) >= 11 is 6.54. The molecule has 1 aliphatic carbocycles. The lowest BCUT2D eigenvalue weighted by atomic mass is 10.0. The van der Waals surface area contributed by atoms with Crippen LogP contribution in [-0.4, -0.2) is 51.5 Å². The molecule has 0 bridgehead atoms. The number of pyridine rings is 2. The Kier molecular flexibility index (Phi) is 6.22. The van der Waals surface area contributed by atoms with E-state index in [1.54, 1.807) is 23.9 Å². The molecule has 10 heteroatoms. The first-order valence-corrected chi connectivity index (χ1v) is 12.1. The molecule has 1 saturated carbocycles. The van der Waals surface area contributed by atoms with Gasteiger partial charge in [-0.25, -0.2) is 9.97 Å². The minimum absolute atomic E-state index is 0.0245. The predicted molar refractivity (Wildman–Crippen MR) is 134 cm³/mol. The van der Waals surface area contributed by atoms with Crippen molar-refractivity contribution in [2.45, 2.75) is 45.6 Å². The van der Waals surface area contributed by atoms with E-state index in [0.29, 0.717) is 33.4 Å². The van der Waals surface area contributed by atoms with Gasteiger partial charge in [0.05, 0.1) is 22.5 Å². The van der Waals surface area contributed by atoms with E-state index in [1.807, 2.05) is 6.07 Å². The molecule has 4 heterocycles. The van der Waals surface area contributed by atoms with E-state index in [0.717, 1.165) is 57.5 Å². The highest BCUT2D eigenvalue weighted by Crippen LogP contribution is 2.32. The lowest BCUT2D eigenvalue weighted by molar-refractivity contribution is 0.101. The molecule has 34 heavy (non-hydrogen) atoms. The molecule has 1 saturated heterocycles. The van der Waals surface area contributed by atoms with Gasteiger partial charge >= 0.3 is 0 Å². The van der Waals surface area contributed by atoms with E-state index in [1.165, 1.54) is 6.92 Å². The van der Waals surface area contributed by atoms with Crippen LogP contribution in [0.4, 0.5) is 17.5 Å². The molecule has 0 spiro atoms. The van der Waals surface area contributed by atoms with E-state index in [9.17, 15) is 9.59 Å². The standard InChI is InChI=1S/C24H28ClN7O2/c1-14-18-13-28-24(29-21-19(25)11-17(12-27-21)31-9-7-26-8-10-31)30-22(18)32(16-5-3-4-6-16)23(34)20(14)15(2)33/h11-13,16,26H,3-10H2,1-2H3,(H,27,28,29,30). The van der Waals surface area contributed by atoms with Crippen molar-refractivity contribution in [1.29, 1.82) is 0 Å². The maximum Gasteiger partial charge on any atom is 0.263 e. The summed E-state index contributed by atoms with van der Waals surface area (Å²) in [7, 11) is 0. The quantitative estimate of drug-likeness (QED) is 0.532. The average Bonchev–Trinajstić information content (AvgIpc) is 3.35. The summed E-state index contributed by atoms with van der Waals surface area (Å²) in [5, 5.41) is 7.62. The first-order chi connectivity index (χ1) is 16.4. The summed E-state index contributed by atoms with van der Waals surface area (Å²) < 4.78 is 1.70. The Morgan fingerprint density at radius 1 is 1.18 bits per heavy atom. The van der Waals surface area contributed by atoms with Crippen molar-refractivity contribution in [3.05, 3.63) is 45.0 Å². The van der Waals surface area contributed by atoms with Gasteiger partial charge in [0.15, 0.2) is 11.6 Å². The van der Waals surface area contributed by atoms with Crippen molar-refractivity contribution < 1.29 is 4.79 Å². The van der Waals surface area contributed by atoms with E-state index < -0.39 is 0 Å². The summed E-state index contributed by atoms with van der Waals surface area (Å²) in [6.07, 6.45) is 7.35. The molecule has 3 aromatic rings. The Bertz CT molecular complexity index is 1310. The highest BCUT2D eigenvalue weighted by molar-refractivity contribution is 6.33. The maximum absolute atomic E-state index is 13.4. The number of ketones is 1. The lowest BCUT2D eigenvalue weighted by Crippen LogP contribution is -2.43. The summed E-state index contributed by atoms with van der Waals surface area (Å²) in [6, 6.07) is 1.91. The second-order valence-electron chi connectivity index (χ2n) is 8.99. The molecule has 9 nitrogen and oxygen atoms in total. The van der Waals surface area contributed by atoms with Crippen LogP contribution in [0.15, 0.2) is 23.3 Å². The summed E-state index contributed by atoms with van der Waals surface area (Å²) in [4.78, 5) is 41.5. The highest BCUT2D eigenvalue weighted by atomic mass is 35.5. The number of rotatable bonds is 5. The van der Waals surface area contributed by atoms with E-state index >= 15 is 0 Å². The highest BCUT2D eigenvalue weighted by Gasteiger charge is 2.26. The molecule has 0 atom stereocenters. The number of fused-ring (bicyclic) bond motifs is 1. The molecule has 2 fully saturated rings. The molecule has 2 N–H and O–H groups in total. The molecule has 5 rings (SSSR count). The smallest absolute Gasteiger partial charge is 0.263 e. The van der Waals surface area contributed by atoms with Crippen LogP contribution in [0.3, 0.4) is 0 Å². The van der Waals surface area contributed by atoms with Crippen LogP contribution in [-0.2, 0) is 0 Å². The topological polar surface area (TPSA) is 105 Å². The number of halogens is 1. The number of nitrogens with one attached hydrogen (secondary N) is 2. The molecular formula is C24H28ClN7O2. The molecule has 3 aromatic heterocycles. The zero-order valence-corrected chi connectivity index (χ0v) is 20.2. The number of nitrogens with zero attached hydrogens (tertiary/aromatic N) is 5. The number of aryl methyl sites for hydroxylation is 1. The molecule has 0 aromatic carbocycles. The van der Waals surface area contributed by atoms with Crippen LogP contribution < -0.4 is 21.1 Å². The van der Waals surface area contributed by atoms with E-state index in [2.05, 4.69) is 25.5 Å². The fourth-order valence-corrected chi connectivity index (χ4v) is 5.24. The number of hydrogen-bond acceptors (Lipinski definition) is 8. The predicted octanol–water partition coefficient (Wildman–Crippen LogP) is 3.62. The number of anilines is 3. The summed E-state index contributed by atoms with van der Waals surface area (Å²) in [5.41, 5.74) is 2.07. The van der Waals surface area contributed by atoms with Gasteiger partial charge in [0, 0.05) is 43.8 Å². The molecular weight excluding hydrogens is 454 g/mol. The number of carbonyl (C=O) groups excluding carboxylic acids is 1. The molecule has 2 aliphatic rings. The summed E-state index contributed by atoms with van der Waals surface area (Å²) in [6.45, 7) is 6.87. The fourth-order valence-electron chi connectivity index (χ4n) is 5.03. The van der Waals surface area contributed by atoms with Crippen molar-refractivity contribution in [2.24, 2.45) is 0 Å². The number of Topliss-reactive ketones (excluding diaryl/α,β-unsaturated/α-hetero) is 1. The van der Waals surface area contributed by atoms with Crippen LogP contribution in [0.25, 0.3) is 11.0 Å². The second-order valence-corrected chi connectivity index (χ2v) is 9.39. The first kappa shape index (κ1) is 22.7. The maximum atomic E-state index is 13.4. The second kappa shape index (κ2) is 9.31. The summed E-state index contributed by atoms with van der Waals surface area (Å²) in [5.74, 6) is 0.517. The van der Waals surface area contributed by atoms with E-state index in [-0.39, 0.29) is 22.9 Å². The van der Waals surface area contributed by atoms with Crippen LogP contribution in [0.1, 0.15) is 54.6 Å². The number of carbonyl (C=O) groups is 1. The van der Waals surface area contributed by atoms with E-state index in [4.69, 9.17) is 16.6 Å². The van der Waals surface area contributed by atoms with Crippen LogP contribution in [0.2, 0.25) is 5.02 Å². The first-order valence-electron chi connectivity index (χ1n) is 11.7. The third kappa shape index (κ3) is 4.14. The fraction of sp³-hybridized carbons (Fsp3) is 0.458. The third-order valence-corrected chi connectivity index (χ3v) is 7.08. The largest absolute Gasteiger partial charge is 0.368 e. The molecule has 178 valence electrons. The van der Waals surface area contributed by atoms with Gasteiger partial charge in [-0.15, -0.1) is 0 Å². The number of piperazine rings is 1. The monoisotopic (exact) mass is 481 g/mol. The lowest BCUT2D eigenvalue weighted by Gasteiger charge is -2.29. The SMILES string of the molecule is CC(=O)c1c(C)c2cnc(Nc3ncc(N4CCNCC4)cc3Cl)nc2n(C2CCCC2)c1=O. The van der Waals surface area contributed by atoms with Crippen molar-refractivity contribution in [2.75, 3.05) is 36.4 Å². The van der Waals surface area contributed by atoms with Gasteiger partial charge in [0.25, 0.3) is 5.56 Å². The van der Waals surface area contributed by atoms with Crippen molar-refractivity contribution in [3.63, 3.8) is 0 Å². The van der Waals surface area contributed by atoms with Gasteiger partial charge in [-0.05, 0) is 38.3 Å². The third-order valence-electron chi connectivity index (χ3n) is 6.79. The zero-order valence-electron chi connectivity index (χ0n) is 19.4. The Balaban J connectivity index is 1.54.